The Labute approximate surface area is 229 Å². The average Bonchev–Trinajstić information content (AvgIpc) is 3.31. The molecule has 1 atom stereocenters. The number of carboxylic acids is 1. The van der Waals surface area contributed by atoms with E-state index in [1.807, 2.05) is 0 Å². The van der Waals surface area contributed by atoms with Crippen molar-refractivity contribution in [3.63, 3.8) is 0 Å². The number of sulfone groups is 1. The Morgan fingerprint density at radius 1 is 1.18 bits per heavy atom. The van der Waals surface area contributed by atoms with Crippen molar-refractivity contribution in [1.29, 1.82) is 0 Å². The molecule has 0 aliphatic carbocycles. The van der Waals surface area contributed by atoms with Crippen molar-refractivity contribution in [3.8, 4) is 0 Å². The van der Waals surface area contributed by atoms with Gasteiger partial charge in [-0.25, -0.2) is 13.2 Å². The van der Waals surface area contributed by atoms with E-state index in [0.717, 1.165) is 0 Å². The summed E-state index contributed by atoms with van der Waals surface area (Å²) in [5, 5.41) is 8.47. The Bertz CT molecular complexity index is 1700. The molecule has 0 spiro atoms. The predicted molar refractivity (Wildman–Crippen MR) is 138 cm³/mol. The van der Waals surface area contributed by atoms with E-state index in [-0.39, 0.29) is 39.7 Å². The van der Waals surface area contributed by atoms with Gasteiger partial charge in [-0.2, -0.15) is 13.2 Å². The predicted octanol–water partition coefficient (Wildman–Crippen LogP) is 3.91. The summed E-state index contributed by atoms with van der Waals surface area (Å²) < 4.78 is 68.1. The van der Waals surface area contributed by atoms with Crippen molar-refractivity contribution in [1.82, 2.24) is 14.5 Å². The van der Waals surface area contributed by atoms with Gasteiger partial charge in [-0.3, -0.25) is 19.1 Å². The van der Waals surface area contributed by atoms with Crippen LogP contribution in [-0.4, -0.2) is 52.3 Å². The van der Waals surface area contributed by atoms with Crippen molar-refractivity contribution < 1.29 is 31.5 Å². The number of nitrogens with one attached hydrogen (secondary N) is 1. The number of hydrogen-bond donors (Lipinski definition) is 2. The van der Waals surface area contributed by atoms with Crippen molar-refractivity contribution in [2.45, 2.75) is 50.0 Å². The molecule has 0 bridgehead atoms. The number of H-pyrrole nitrogens is 1. The summed E-state index contributed by atoms with van der Waals surface area (Å²) in [5.41, 5.74) is -4.22. The number of hydrogen-bond acceptors (Lipinski definition) is 6. The van der Waals surface area contributed by atoms with E-state index in [2.05, 4.69) is 4.98 Å². The van der Waals surface area contributed by atoms with E-state index in [9.17, 15) is 41.1 Å². The number of carboxylic acid groups (broad SMARTS) is 1. The van der Waals surface area contributed by atoms with Gasteiger partial charge in [0, 0.05) is 11.6 Å². The lowest BCUT2D eigenvalue weighted by atomic mass is 10.0. The number of aromatic amines is 1. The highest BCUT2D eigenvalue weighted by Gasteiger charge is 2.38. The van der Waals surface area contributed by atoms with Gasteiger partial charge >= 0.3 is 17.8 Å². The molecule has 1 aliphatic heterocycles. The number of aliphatic carboxylic acids is 1. The molecule has 2 N–H and O–H groups in total. The molecular weight excluding hydrogens is 586 g/mol. The monoisotopic (exact) mass is 607 g/mol. The molecule has 39 heavy (non-hydrogen) atoms. The molecule has 0 amide bonds. The second-order valence-corrected chi connectivity index (χ2v) is 12.1. The number of benzene rings is 2. The van der Waals surface area contributed by atoms with Crippen molar-refractivity contribution in [3.05, 3.63) is 71.8 Å². The maximum Gasteiger partial charge on any atom is 0.416 e. The zero-order valence-corrected chi connectivity index (χ0v) is 22.6. The highest BCUT2D eigenvalue weighted by atomic mass is 35.5. The second kappa shape index (κ2) is 10.6. The lowest BCUT2D eigenvalue weighted by molar-refractivity contribution is -0.142. The van der Waals surface area contributed by atoms with Gasteiger partial charge in [-0.05, 0) is 54.8 Å². The summed E-state index contributed by atoms with van der Waals surface area (Å²) >= 11 is 12.4. The van der Waals surface area contributed by atoms with Gasteiger partial charge in [-0.15, -0.1) is 0 Å². The number of fused-ring (bicyclic) bond motifs is 1. The Morgan fingerprint density at radius 3 is 2.49 bits per heavy atom. The maximum atomic E-state index is 14.2. The molecule has 1 aliphatic rings. The molecule has 2 aromatic carbocycles. The van der Waals surface area contributed by atoms with Crippen LogP contribution in [-0.2, 0) is 33.9 Å². The second-order valence-electron chi connectivity index (χ2n) is 9.08. The van der Waals surface area contributed by atoms with E-state index in [1.165, 1.54) is 30.0 Å². The summed E-state index contributed by atoms with van der Waals surface area (Å²) in [6, 6.07) is 3.37. The highest BCUT2D eigenvalue weighted by Crippen LogP contribution is 2.39. The Morgan fingerprint density at radius 2 is 1.87 bits per heavy atom. The molecule has 3 aromatic rings. The summed E-state index contributed by atoms with van der Waals surface area (Å²) in [6.07, 6.45) is -4.25. The lowest BCUT2D eigenvalue weighted by Crippen LogP contribution is -2.37. The van der Waals surface area contributed by atoms with Crippen LogP contribution >= 0.6 is 23.2 Å². The van der Waals surface area contributed by atoms with Gasteiger partial charge in [-0.1, -0.05) is 30.1 Å². The molecule has 15 heteroatoms. The van der Waals surface area contributed by atoms with Gasteiger partial charge in [0.15, 0.2) is 9.84 Å². The minimum absolute atomic E-state index is 0.00353. The fourth-order valence-electron chi connectivity index (χ4n) is 4.74. The third-order valence-corrected chi connectivity index (χ3v) is 9.18. The maximum absolute atomic E-state index is 14.2. The molecule has 0 radical (unpaired) electrons. The van der Waals surface area contributed by atoms with E-state index in [1.54, 1.807) is 0 Å². The van der Waals surface area contributed by atoms with Crippen LogP contribution in [0.4, 0.5) is 13.2 Å². The van der Waals surface area contributed by atoms with Crippen LogP contribution in [0.1, 0.15) is 36.5 Å². The topological polar surface area (TPSA) is 130 Å². The summed E-state index contributed by atoms with van der Waals surface area (Å²) in [4.78, 5) is 41.4. The molecule has 210 valence electrons. The molecular formula is C24H22Cl2F3N3O6S. The minimum atomic E-state index is -4.96. The fraction of sp³-hybridized carbons (Fsp3) is 0.375. The van der Waals surface area contributed by atoms with Crippen LogP contribution in [0.25, 0.3) is 10.9 Å². The van der Waals surface area contributed by atoms with Gasteiger partial charge in [0.1, 0.15) is 6.04 Å². The van der Waals surface area contributed by atoms with E-state index >= 15 is 0 Å². The quantitative estimate of drug-likeness (QED) is 0.416. The van der Waals surface area contributed by atoms with Crippen molar-refractivity contribution in [2.75, 3.05) is 12.3 Å². The molecule has 0 unspecified atom stereocenters. The first-order valence-electron chi connectivity index (χ1n) is 11.7. The number of alkyl halides is 3. The molecule has 1 aromatic heterocycles. The first-order valence-corrected chi connectivity index (χ1v) is 14.1. The van der Waals surface area contributed by atoms with Gasteiger partial charge < -0.3 is 10.1 Å². The van der Waals surface area contributed by atoms with Gasteiger partial charge in [0.2, 0.25) is 0 Å². The standard InChI is InChI=1S/C24H22Cl2F3N3O6S/c1-2-39(37,38)18-6-5-13(25)8-12(18)10-32-21(33)14-9-16(24(27,28)29)15(19(26)20(14)30-23(32)36)11-31-7-3-4-17(31)22(34)35/h5-6,8-9,17H,2-4,7,10-11H2,1H3,(H,30,36)(H,34,35)/t17-/m1/s1. The number of aromatic nitrogens is 2. The van der Waals surface area contributed by atoms with Gasteiger partial charge in [0.25, 0.3) is 5.56 Å². The zero-order chi connectivity index (χ0) is 28.9. The summed E-state index contributed by atoms with van der Waals surface area (Å²) in [5.74, 6) is -1.46. The number of rotatable bonds is 7. The SMILES string of the molecule is CCS(=O)(=O)c1ccc(Cl)cc1Cn1c(=O)[nH]c2c(Cl)c(CN3CCC[C@@H]3C(=O)O)c(C(F)(F)F)cc2c1=O. The Hall–Kier alpha value is -2.87. The highest BCUT2D eigenvalue weighted by molar-refractivity contribution is 7.91. The van der Waals surface area contributed by atoms with Gasteiger partial charge in [0.05, 0.1) is 38.7 Å². The molecule has 4 rings (SSSR count). The minimum Gasteiger partial charge on any atom is -0.480 e. The van der Waals surface area contributed by atoms with Crippen LogP contribution in [0.5, 0.6) is 0 Å². The molecule has 1 saturated heterocycles. The number of nitrogens with zero attached hydrogens (tertiary/aromatic N) is 2. The number of likely N-dealkylation sites (tertiary alicyclic amines) is 1. The number of carbonyl (C=O) groups is 1. The molecule has 1 fully saturated rings. The van der Waals surface area contributed by atoms with Crippen LogP contribution < -0.4 is 11.2 Å². The smallest absolute Gasteiger partial charge is 0.416 e. The Kier molecular flexibility index (Phi) is 7.92. The van der Waals surface area contributed by atoms with E-state index in [4.69, 9.17) is 23.2 Å². The fourth-order valence-corrected chi connectivity index (χ4v) is 6.36. The zero-order valence-electron chi connectivity index (χ0n) is 20.3. The number of halogens is 5. The summed E-state index contributed by atoms with van der Waals surface area (Å²) in [6.45, 7) is 0.575. The largest absolute Gasteiger partial charge is 0.480 e. The average molecular weight is 608 g/mol. The van der Waals surface area contributed by atoms with Crippen molar-refractivity contribution >= 4 is 49.9 Å². The molecule has 0 saturated carbocycles. The third kappa shape index (κ3) is 5.58. The van der Waals surface area contributed by atoms with E-state index < -0.39 is 73.9 Å². The summed E-state index contributed by atoms with van der Waals surface area (Å²) in [7, 11) is -3.80. The van der Waals surface area contributed by atoms with Crippen LogP contribution in [0.15, 0.2) is 38.8 Å². The lowest BCUT2D eigenvalue weighted by Gasteiger charge is -2.24. The first-order chi connectivity index (χ1) is 18.2. The molecule has 2 heterocycles. The van der Waals surface area contributed by atoms with Crippen LogP contribution in [0.3, 0.4) is 0 Å². The van der Waals surface area contributed by atoms with Crippen LogP contribution in [0, 0.1) is 0 Å². The first kappa shape index (κ1) is 29.1. The normalized spacial score (nSPS) is 16.7. The Balaban J connectivity index is 1.91. The molecule has 9 nitrogen and oxygen atoms in total. The third-order valence-electron chi connectivity index (χ3n) is 6.70. The van der Waals surface area contributed by atoms with Crippen LogP contribution in [0.2, 0.25) is 10.0 Å². The van der Waals surface area contributed by atoms with Crippen molar-refractivity contribution in [2.24, 2.45) is 0 Å². The van der Waals surface area contributed by atoms with E-state index in [0.29, 0.717) is 17.1 Å².